The van der Waals surface area contributed by atoms with Crippen LogP contribution < -0.4 is 0 Å². The normalized spacial score (nSPS) is 21.4. The van der Waals surface area contributed by atoms with E-state index in [0.29, 0.717) is 4.93 Å². The van der Waals surface area contributed by atoms with Crippen molar-refractivity contribution in [3.05, 3.63) is 76.7 Å². The standard InChI is InChI=1S/C14H20BClO2.C14H18BClO2.CH2Cl2/c2*1-13(2)14(3,4)18-15(17-13)12(16)10-11-8-6-5-7-9-11;2-1-3/h5-9,12H,10H2,1-4H3;5-10H,1-4H3;1H2/b;12-10+;. The van der Waals surface area contributed by atoms with Gasteiger partial charge < -0.3 is 18.6 Å². The van der Waals surface area contributed by atoms with Crippen molar-refractivity contribution < 1.29 is 18.6 Å². The largest absolute Gasteiger partial charge is 0.506 e. The maximum absolute atomic E-state index is 6.43. The predicted octanol–water partition coefficient (Wildman–Crippen LogP) is 8.79. The summed E-state index contributed by atoms with van der Waals surface area (Å²) in [5.74, 6) is 0. The Morgan fingerprint density at radius 2 is 1.10 bits per heavy atom. The van der Waals surface area contributed by atoms with Crippen LogP contribution in [0.2, 0.25) is 0 Å². The highest BCUT2D eigenvalue weighted by Gasteiger charge is 2.54. The number of benzene rings is 2. The number of alkyl halides is 3. The predicted molar refractivity (Wildman–Crippen MR) is 169 cm³/mol. The second kappa shape index (κ2) is 14.5. The maximum Gasteiger partial charge on any atom is 0.506 e. The summed E-state index contributed by atoms with van der Waals surface area (Å²) < 4.78 is 23.6. The molecule has 39 heavy (non-hydrogen) atoms. The number of hydrogen-bond acceptors (Lipinski definition) is 4. The van der Waals surface area contributed by atoms with E-state index in [4.69, 9.17) is 65.0 Å². The highest BCUT2D eigenvalue weighted by atomic mass is 35.5. The topological polar surface area (TPSA) is 36.9 Å². The average Bonchev–Trinajstić information content (AvgIpc) is 3.21. The molecular formula is C29H40B2Cl4O4. The minimum absolute atomic E-state index is 0.173. The second-order valence-electron chi connectivity index (χ2n) is 11.5. The molecule has 2 saturated heterocycles. The molecule has 0 aromatic heterocycles. The molecule has 1 atom stereocenters. The Labute approximate surface area is 255 Å². The van der Waals surface area contributed by atoms with Gasteiger partial charge in [-0.3, -0.25) is 0 Å². The van der Waals surface area contributed by atoms with E-state index in [-0.39, 0.29) is 40.1 Å². The van der Waals surface area contributed by atoms with Crippen molar-refractivity contribution in [2.24, 2.45) is 0 Å². The Balaban J connectivity index is 0.000000249. The highest BCUT2D eigenvalue weighted by Crippen LogP contribution is 2.40. The van der Waals surface area contributed by atoms with Crippen molar-refractivity contribution in [3.63, 3.8) is 0 Å². The van der Waals surface area contributed by atoms with E-state index in [1.165, 1.54) is 5.56 Å². The minimum Gasteiger partial charge on any atom is -0.402 e. The summed E-state index contributed by atoms with van der Waals surface area (Å²) >= 11 is 22.2. The summed E-state index contributed by atoms with van der Waals surface area (Å²) in [5.41, 5.74) is 0.887. The van der Waals surface area contributed by atoms with Crippen LogP contribution in [0.3, 0.4) is 0 Å². The molecule has 214 valence electrons. The van der Waals surface area contributed by atoms with Crippen LogP contribution in [0.1, 0.15) is 66.5 Å². The van der Waals surface area contributed by atoms with Crippen LogP contribution in [-0.4, -0.2) is 47.3 Å². The fourth-order valence-corrected chi connectivity index (χ4v) is 4.20. The zero-order valence-corrected chi connectivity index (χ0v) is 27.2. The molecule has 2 heterocycles. The Kier molecular flexibility index (Phi) is 12.8. The van der Waals surface area contributed by atoms with Gasteiger partial charge in [0.15, 0.2) is 0 Å². The van der Waals surface area contributed by atoms with Crippen LogP contribution >= 0.6 is 46.4 Å². The van der Waals surface area contributed by atoms with Crippen LogP contribution in [0.15, 0.2) is 65.6 Å². The summed E-state index contributed by atoms with van der Waals surface area (Å²) in [4.78, 5) is 0.569. The van der Waals surface area contributed by atoms with Crippen LogP contribution in [0, 0.1) is 0 Å². The van der Waals surface area contributed by atoms with Crippen LogP contribution in [0.25, 0.3) is 6.08 Å². The molecule has 0 amide bonds. The van der Waals surface area contributed by atoms with Crippen molar-refractivity contribution in [2.75, 3.05) is 5.34 Å². The van der Waals surface area contributed by atoms with E-state index < -0.39 is 7.12 Å². The summed E-state index contributed by atoms with van der Waals surface area (Å²) in [7, 11) is -0.839. The van der Waals surface area contributed by atoms with Gasteiger partial charge in [-0.25, -0.2) is 0 Å². The SMILES string of the molecule is CC1(C)OB(/C(Cl)=C\c2ccccc2)OC1(C)C.CC1(C)OB(C(Cl)Cc2ccccc2)OC1(C)C.ClCCl. The smallest absolute Gasteiger partial charge is 0.402 e. The molecule has 4 rings (SSSR count). The molecule has 2 aliphatic heterocycles. The molecule has 0 N–H and O–H groups in total. The Morgan fingerprint density at radius 3 is 1.54 bits per heavy atom. The van der Waals surface area contributed by atoms with Gasteiger partial charge in [-0.05, 0) is 79.0 Å². The quantitative estimate of drug-likeness (QED) is 0.249. The fraction of sp³-hybridized carbons (Fsp3) is 0.517. The molecule has 2 fully saturated rings. The molecule has 0 aliphatic carbocycles. The third kappa shape index (κ3) is 9.68. The molecule has 0 radical (unpaired) electrons. The lowest BCUT2D eigenvalue weighted by molar-refractivity contribution is 0.00578. The number of hydrogen-bond donors (Lipinski definition) is 0. The number of halogens is 4. The molecule has 4 nitrogen and oxygen atoms in total. The molecular weight excluding hydrogens is 576 g/mol. The van der Waals surface area contributed by atoms with Gasteiger partial charge in [0, 0.05) is 4.93 Å². The van der Waals surface area contributed by atoms with Gasteiger partial charge in [0.2, 0.25) is 0 Å². The van der Waals surface area contributed by atoms with Crippen molar-refractivity contribution in [2.45, 2.75) is 89.5 Å². The average molecular weight is 616 g/mol. The highest BCUT2D eigenvalue weighted by molar-refractivity contribution is 6.71. The molecule has 1 unspecified atom stereocenters. The summed E-state index contributed by atoms with van der Waals surface area (Å²) in [6.07, 6.45) is 2.63. The molecule has 0 spiro atoms. The third-order valence-electron chi connectivity index (χ3n) is 7.42. The first-order valence-electron chi connectivity index (χ1n) is 13.0. The van der Waals surface area contributed by atoms with Gasteiger partial charge in [-0.15, -0.1) is 34.8 Å². The molecule has 2 aromatic rings. The zero-order chi connectivity index (χ0) is 29.5. The first-order chi connectivity index (χ1) is 18.0. The molecule has 2 aliphatic rings. The van der Waals surface area contributed by atoms with E-state index in [1.807, 2.05) is 110 Å². The fourth-order valence-electron chi connectivity index (χ4n) is 3.70. The lowest BCUT2D eigenvalue weighted by Crippen LogP contribution is -2.41. The molecule has 0 saturated carbocycles. The van der Waals surface area contributed by atoms with E-state index in [1.54, 1.807) is 0 Å². The first-order valence-corrected chi connectivity index (χ1v) is 14.9. The van der Waals surface area contributed by atoms with Crippen LogP contribution in [0.5, 0.6) is 0 Å². The van der Waals surface area contributed by atoms with Gasteiger partial charge in [-0.2, -0.15) is 0 Å². The zero-order valence-electron chi connectivity index (χ0n) is 24.1. The Bertz CT molecular complexity index is 1020. The summed E-state index contributed by atoms with van der Waals surface area (Å²) in [6.45, 7) is 16.2. The Hall–Kier alpha value is -0.690. The number of rotatable bonds is 5. The monoisotopic (exact) mass is 614 g/mol. The van der Waals surface area contributed by atoms with Gasteiger partial charge in [0.25, 0.3) is 0 Å². The van der Waals surface area contributed by atoms with E-state index in [9.17, 15) is 0 Å². The lowest BCUT2D eigenvalue weighted by Gasteiger charge is -2.32. The lowest BCUT2D eigenvalue weighted by atomic mass is 9.80. The van der Waals surface area contributed by atoms with Gasteiger partial charge in [-0.1, -0.05) is 72.3 Å². The van der Waals surface area contributed by atoms with E-state index >= 15 is 0 Å². The van der Waals surface area contributed by atoms with Gasteiger partial charge in [0.05, 0.1) is 33.0 Å². The van der Waals surface area contributed by atoms with E-state index in [2.05, 4.69) is 12.1 Å². The molecule has 2 aromatic carbocycles. The molecule has 0 bridgehead atoms. The van der Waals surface area contributed by atoms with Gasteiger partial charge in [0.1, 0.15) is 0 Å². The van der Waals surface area contributed by atoms with Crippen LogP contribution in [-0.2, 0) is 25.0 Å². The minimum atomic E-state index is -0.489. The summed E-state index contributed by atoms with van der Waals surface area (Å²) in [5, 5.41) is 0.0217. The van der Waals surface area contributed by atoms with Crippen LogP contribution in [0.4, 0.5) is 0 Å². The van der Waals surface area contributed by atoms with E-state index in [0.717, 1.165) is 12.0 Å². The maximum atomic E-state index is 6.43. The second-order valence-corrected chi connectivity index (χ2v) is 13.3. The van der Waals surface area contributed by atoms with Gasteiger partial charge >= 0.3 is 14.2 Å². The first kappa shape index (κ1) is 34.5. The summed E-state index contributed by atoms with van der Waals surface area (Å²) in [6, 6.07) is 20.1. The van der Waals surface area contributed by atoms with Crippen molar-refractivity contribution in [1.82, 2.24) is 0 Å². The third-order valence-corrected chi connectivity index (χ3v) is 8.07. The van der Waals surface area contributed by atoms with Crippen molar-refractivity contribution in [3.8, 4) is 0 Å². The Morgan fingerprint density at radius 1 is 0.718 bits per heavy atom. The molecule has 10 heteroatoms. The van der Waals surface area contributed by atoms with Crippen molar-refractivity contribution >= 4 is 66.7 Å². The van der Waals surface area contributed by atoms with Crippen molar-refractivity contribution in [1.29, 1.82) is 0 Å².